The third-order valence-electron chi connectivity index (χ3n) is 13.8. The summed E-state index contributed by atoms with van der Waals surface area (Å²) in [7, 11) is 0. The summed E-state index contributed by atoms with van der Waals surface area (Å²) in [5, 5.41) is 79.3. The van der Waals surface area contributed by atoms with Crippen molar-refractivity contribution in [3.05, 3.63) is 95.6 Å². The Labute approximate surface area is 478 Å². The fraction of sp³-hybridized carbons (Fsp3) is 0.482. The van der Waals surface area contributed by atoms with Crippen LogP contribution < -0.4 is 48.3 Å². The van der Waals surface area contributed by atoms with Gasteiger partial charge in [0, 0.05) is 19.4 Å². The molecule has 452 valence electrons. The first-order valence-corrected chi connectivity index (χ1v) is 27.0. The number of benzene rings is 3. The highest BCUT2D eigenvalue weighted by atomic mass is 16.4. The SMILES string of the molecule is CC[C@H](C)[C@H](NC(=O)[C@@H](N)Cc1ccc(O)cc1)C(=O)N[C@@H](CO)C(=O)NCC(=O)N[C@@H](Cc1ccc(O)cc1)C(=O)N[C@@H](Cc1ccccc1)C(=O)N[C@H](C(=O)N[C@H](C(=O)N[C@@H](CC(=O)O)C(=O)N1CCC[C@H]1C(=O)O)[C@@H](C)O)C(C)C. The van der Waals surface area contributed by atoms with E-state index in [-0.39, 0.29) is 43.7 Å². The van der Waals surface area contributed by atoms with E-state index in [4.69, 9.17) is 5.73 Å². The van der Waals surface area contributed by atoms with Crippen LogP contribution in [0, 0.1) is 11.8 Å². The molecule has 0 aliphatic carbocycles. The second-order valence-electron chi connectivity index (χ2n) is 20.7. The van der Waals surface area contributed by atoms with Crippen molar-refractivity contribution in [2.45, 2.75) is 140 Å². The van der Waals surface area contributed by atoms with Crippen LogP contribution in [0.25, 0.3) is 0 Å². The zero-order chi connectivity index (χ0) is 61.7. The number of carboxylic acids is 2. The first kappa shape index (κ1) is 66.8. The molecule has 4 rings (SSSR count). The first-order valence-electron chi connectivity index (χ1n) is 27.0. The number of rotatable bonds is 31. The minimum Gasteiger partial charge on any atom is -0.508 e. The van der Waals surface area contributed by atoms with Gasteiger partial charge in [-0.25, -0.2) is 4.79 Å². The molecule has 11 atom stereocenters. The van der Waals surface area contributed by atoms with E-state index in [1.54, 1.807) is 56.3 Å². The zero-order valence-electron chi connectivity index (χ0n) is 46.7. The number of nitrogens with one attached hydrogen (secondary N) is 8. The highest BCUT2D eigenvalue weighted by molar-refractivity contribution is 5.99. The third kappa shape index (κ3) is 20.7. The summed E-state index contributed by atoms with van der Waals surface area (Å²) >= 11 is 0. The number of likely N-dealkylation sites (tertiary alicyclic amines) is 1. The van der Waals surface area contributed by atoms with Crippen LogP contribution in [0.1, 0.15) is 77.0 Å². The molecular formula is C56H76N10O17. The number of amides is 9. The Kier molecular flexibility index (Phi) is 25.8. The van der Waals surface area contributed by atoms with Gasteiger partial charge in [-0.3, -0.25) is 47.9 Å². The van der Waals surface area contributed by atoms with Crippen molar-refractivity contribution in [1.82, 2.24) is 47.4 Å². The lowest BCUT2D eigenvalue weighted by molar-refractivity contribution is -0.151. The summed E-state index contributed by atoms with van der Waals surface area (Å²) in [6.07, 6.45) is -2.25. The molecule has 0 radical (unpaired) electrons. The number of carbonyl (C=O) groups excluding carboxylic acids is 9. The predicted octanol–water partition coefficient (Wildman–Crippen LogP) is -2.41. The summed E-state index contributed by atoms with van der Waals surface area (Å²) in [6, 6.07) is 6.56. The number of phenols is 2. The molecule has 0 saturated carbocycles. The number of aliphatic carboxylic acids is 2. The molecule has 0 bridgehead atoms. The van der Waals surface area contributed by atoms with Crippen molar-refractivity contribution in [3.63, 3.8) is 0 Å². The molecule has 16 N–H and O–H groups in total. The van der Waals surface area contributed by atoms with E-state index in [1.807, 2.05) is 0 Å². The number of aliphatic hydroxyl groups is 2. The Balaban J connectivity index is 1.50. The molecule has 0 spiro atoms. The number of carboxylic acid groups (broad SMARTS) is 2. The average Bonchev–Trinajstić information content (AvgIpc) is 3.99. The first-order chi connectivity index (χ1) is 39.2. The summed E-state index contributed by atoms with van der Waals surface area (Å²) < 4.78 is 0. The number of hydrogen-bond donors (Lipinski definition) is 15. The van der Waals surface area contributed by atoms with Crippen LogP contribution in [-0.2, 0) is 72.0 Å². The number of carbonyl (C=O) groups is 11. The van der Waals surface area contributed by atoms with Crippen LogP contribution in [0.4, 0.5) is 0 Å². The van der Waals surface area contributed by atoms with Gasteiger partial charge in [0.05, 0.1) is 31.7 Å². The normalized spacial score (nSPS) is 16.6. The fourth-order valence-corrected chi connectivity index (χ4v) is 8.90. The third-order valence-corrected chi connectivity index (χ3v) is 13.8. The predicted molar refractivity (Wildman–Crippen MR) is 296 cm³/mol. The summed E-state index contributed by atoms with van der Waals surface area (Å²) in [6.45, 7) is 5.84. The van der Waals surface area contributed by atoms with Gasteiger partial charge >= 0.3 is 11.9 Å². The summed E-state index contributed by atoms with van der Waals surface area (Å²) in [4.78, 5) is 148. The van der Waals surface area contributed by atoms with Gasteiger partial charge in [-0.1, -0.05) is 88.7 Å². The van der Waals surface area contributed by atoms with Gasteiger partial charge in [0.1, 0.15) is 59.8 Å². The number of nitrogens with zero attached hydrogens (tertiary/aromatic N) is 1. The van der Waals surface area contributed by atoms with Crippen molar-refractivity contribution < 1.29 is 83.4 Å². The monoisotopic (exact) mass is 1160 g/mol. The number of aromatic hydroxyl groups is 2. The fourth-order valence-electron chi connectivity index (χ4n) is 8.90. The van der Waals surface area contributed by atoms with Gasteiger partial charge in [-0.05, 0) is 79.0 Å². The summed E-state index contributed by atoms with van der Waals surface area (Å²) in [5.74, 6) is -12.8. The highest BCUT2D eigenvalue weighted by Gasteiger charge is 2.41. The van der Waals surface area contributed by atoms with E-state index in [1.165, 1.54) is 50.2 Å². The van der Waals surface area contributed by atoms with Crippen LogP contribution >= 0.6 is 0 Å². The maximum Gasteiger partial charge on any atom is 0.326 e. The number of hydrogen-bond acceptors (Lipinski definition) is 16. The molecule has 83 heavy (non-hydrogen) atoms. The van der Waals surface area contributed by atoms with Crippen molar-refractivity contribution in [2.24, 2.45) is 17.6 Å². The molecule has 1 saturated heterocycles. The van der Waals surface area contributed by atoms with Crippen LogP contribution in [0.5, 0.6) is 11.5 Å². The summed E-state index contributed by atoms with van der Waals surface area (Å²) in [5.41, 5.74) is 7.72. The number of nitrogens with two attached hydrogens (primary N) is 1. The Bertz CT molecular complexity index is 2750. The van der Waals surface area contributed by atoms with Gasteiger partial charge in [-0.2, -0.15) is 0 Å². The minimum atomic E-state index is -1.85. The van der Waals surface area contributed by atoms with Crippen LogP contribution in [0.2, 0.25) is 0 Å². The Morgan fingerprint density at radius 1 is 0.578 bits per heavy atom. The quantitative estimate of drug-likeness (QED) is 0.0319. The molecule has 0 unspecified atom stereocenters. The average molecular weight is 1160 g/mol. The lowest BCUT2D eigenvalue weighted by Gasteiger charge is -2.30. The maximum atomic E-state index is 14.4. The topological polar surface area (TPSA) is 435 Å². The number of aliphatic hydroxyl groups excluding tert-OH is 2. The van der Waals surface area contributed by atoms with Gasteiger partial charge < -0.3 is 83.8 Å². The second-order valence-corrected chi connectivity index (χ2v) is 20.7. The van der Waals surface area contributed by atoms with Crippen molar-refractivity contribution >= 4 is 65.1 Å². The van der Waals surface area contributed by atoms with E-state index < -0.39 is 157 Å². The highest BCUT2D eigenvalue weighted by Crippen LogP contribution is 2.20. The Hall–Kier alpha value is -8.69. The van der Waals surface area contributed by atoms with Gasteiger partial charge in [0.25, 0.3) is 0 Å². The Morgan fingerprint density at radius 3 is 1.59 bits per heavy atom. The lowest BCUT2D eigenvalue weighted by Crippen LogP contribution is -2.62. The Morgan fingerprint density at radius 2 is 1.06 bits per heavy atom. The van der Waals surface area contributed by atoms with Crippen LogP contribution in [0.15, 0.2) is 78.9 Å². The van der Waals surface area contributed by atoms with Crippen molar-refractivity contribution in [3.8, 4) is 11.5 Å². The standard InChI is InChI=1S/C56H76N10O17/c1-6-30(4)46(64-48(74)37(57)23-33-14-18-35(69)19-15-33)53(79)62-41(28-67)49(75)58-27-43(71)59-38(25-34-16-20-36(70)21-17-34)50(76)60-39(24-32-11-8-7-9-12-32)51(77)63-45(29(2)3)52(78)65-47(31(5)68)54(80)61-40(26-44(72)73)55(81)66-22-10-13-42(66)56(82)83/h7-9,11-12,14-21,29-31,37-42,45-47,67-70H,6,10,13,22-28,57H2,1-5H3,(H,58,75)(H,59,71)(H,60,76)(H,61,80)(H,62,79)(H,63,77)(H,64,74)(H,65,78)(H,72,73)(H,82,83)/t30-,31+,37-,38-,39-,40-,41-,42-,45-,46-,47-/m0/s1. The molecule has 1 heterocycles. The molecule has 27 nitrogen and oxygen atoms in total. The van der Waals surface area contributed by atoms with E-state index in [0.29, 0.717) is 29.5 Å². The molecule has 9 amide bonds. The van der Waals surface area contributed by atoms with E-state index in [9.17, 15) is 83.4 Å². The molecule has 3 aromatic carbocycles. The zero-order valence-corrected chi connectivity index (χ0v) is 46.7. The second kappa shape index (κ2) is 32.1. The molecular weight excluding hydrogens is 1080 g/mol. The molecule has 3 aromatic rings. The minimum absolute atomic E-state index is 0.0169. The van der Waals surface area contributed by atoms with Crippen molar-refractivity contribution in [2.75, 3.05) is 19.7 Å². The van der Waals surface area contributed by atoms with Crippen LogP contribution in [0.3, 0.4) is 0 Å². The largest absolute Gasteiger partial charge is 0.508 e. The molecule has 0 aromatic heterocycles. The van der Waals surface area contributed by atoms with E-state index in [2.05, 4.69) is 42.5 Å². The molecule has 1 fully saturated rings. The van der Waals surface area contributed by atoms with Gasteiger partial charge in [-0.15, -0.1) is 0 Å². The van der Waals surface area contributed by atoms with Crippen molar-refractivity contribution in [1.29, 1.82) is 0 Å². The van der Waals surface area contributed by atoms with E-state index >= 15 is 0 Å². The molecule has 1 aliphatic rings. The maximum absolute atomic E-state index is 14.4. The molecule has 1 aliphatic heterocycles. The number of phenolic OH excluding ortho intramolecular Hbond substituents is 2. The van der Waals surface area contributed by atoms with E-state index in [0.717, 1.165) is 11.8 Å². The molecule has 27 heteroatoms. The van der Waals surface area contributed by atoms with Crippen LogP contribution in [-0.4, -0.2) is 181 Å². The van der Waals surface area contributed by atoms with Gasteiger partial charge in [0.2, 0.25) is 53.2 Å². The smallest absolute Gasteiger partial charge is 0.326 e. The lowest BCUT2D eigenvalue weighted by atomic mass is 9.97. The van der Waals surface area contributed by atoms with Gasteiger partial charge in [0.15, 0.2) is 0 Å².